The van der Waals surface area contributed by atoms with Crippen LogP contribution in [0.25, 0.3) is 10.2 Å². The summed E-state index contributed by atoms with van der Waals surface area (Å²) in [5, 5.41) is 0.549. The van der Waals surface area contributed by atoms with Gasteiger partial charge in [-0.25, -0.2) is 0 Å². The molecule has 0 unspecified atom stereocenters. The molecule has 0 aliphatic carbocycles. The normalized spacial score (nSPS) is 10.7. The molecule has 0 saturated carbocycles. The average Bonchev–Trinajstić information content (AvgIpc) is 2.61. The van der Waals surface area contributed by atoms with Crippen molar-refractivity contribution in [3.05, 3.63) is 32.9 Å². The number of thiophene rings is 1. The number of primary amides is 1. The number of rotatable bonds is 2. The van der Waals surface area contributed by atoms with Crippen LogP contribution < -0.4 is 11.2 Å². The molecule has 0 saturated heterocycles. The lowest BCUT2D eigenvalue weighted by molar-refractivity contribution is 0.0999. The largest absolute Gasteiger partial charge is 0.365 e. The highest BCUT2D eigenvalue weighted by atomic mass is 32.1. The minimum atomic E-state index is -0.692. The van der Waals surface area contributed by atoms with Gasteiger partial charge in [-0.05, 0) is 12.5 Å². The number of fused-ring (bicyclic) bond motifs is 1. The second kappa shape index (κ2) is 3.51. The summed E-state index contributed by atoms with van der Waals surface area (Å²) in [5.74, 6) is -0.692. The molecule has 3 N–H and O–H groups in total. The fourth-order valence-electron chi connectivity index (χ4n) is 1.42. The van der Waals surface area contributed by atoms with Crippen molar-refractivity contribution in [2.75, 3.05) is 0 Å². The number of aromatic amines is 1. The van der Waals surface area contributed by atoms with Crippen molar-refractivity contribution in [3.63, 3.8) is 0 Å². The lowest BCUT2D eigenvalue weighted by Crippen LogP contribution is -2.21. The van der Waals surface area contributed by atoms with Crippen molar-refractivity contribution < 1.29 is 4.79 Å². The molecule has 15 heavy (non-hydrogen) atoms. The van der Waals surface area contributed by atoms with Gasteiger partial charge in [0.2, 0.25) is 5.43 Å². The third-order valence-electron chi connectivity index (χ3n) is 2.23. The summed E-state index contributed by atoms with van der Waals surface area (Å²) in [6, 6.07) is 1.81. The number of hydrogen-bond donors (Lipinski definition) is 2. The summed E-state index contributed by atoms with van der Waals surface area (Å²) >= 11 is 1.52. The molecule has 4 nitrogen and oxygen atoms in total. The average molecular weight is 222 g/mol. The van der Waals surface area contributed by atoms with Gasteiger partial charge in [0, 0.05) is 11.1 Å². The fraction of sp³-hybridized carbons (Fsp3) is 0.200. The Bertz CT molecular complexity index is 583. The Hall–Kier alpha value is -1.62. The Morgan fingerprint density at radius 2 is 2.33 bits per heavy atom. The first-order valence-electron chi connectivity index (χ1n) is 4.57. The number of carbonyl (C=O) groups is 1. The zero-order valence-electron chi connectivity index (χ0n) is 8.16. The van der Waals surface area contributed by atoms with Crippen LogP contribution >= 0.6 is 11.3 Å². The summed E-state index contributed by atoms with van der Waals surface area (Å²) in [5.41, 5.74) is 4.82. The molecule has 2 aromatic rings. The van der Waals surface area contributed by atoms with Gasteiger partial charge < -0.3 is 10.7 Å². The van der Waals surface area contributed by atoms with Crippen LogP contribution in [0.1, 0.15) is 22.2 Å². The SMILES string of the molecule is CCc1cc2c(=O)c(C(N)=O)c[nH]c2s1. The summed E-state index contributed by atoms with van der Waals surface area (Å²) < 4.78 is 0. The Kier molecular flexibility index (Phi) is 2.32. The Morgan fingerprint density at radius 1 is 1.60 bits per heavy atom. The van der Waals surface area contributed by atoms with Gasteiger partial charge in [0.15, 0.2) is 0 Å². The van der Waals surface area contributed by atoms with Crippen molar-refractivity contribution in [1.82, 2.24) is 4.98 Å². The summed E-state index contributed by atoms with van der Waals surface area (Å²) in [7, 11) is 0. The topological polar surface area (TPSA) is 76.0 Å². The number of nitrogens with two attached hydrogens (primary N) is 1. The van der Waals surface area contributed by atoms with Gasteiger partial charge in [0.25, 0.3) is 5.91 Å². The number of amides is 1. The van der Waals surface area contributed by atoms with Crippen molar-refractivity contribution >= 4 is 27.5 Å². The predicted molar refractivity (Wildman–Crippen MR) is 60.3 cm³/mol. The summed E-state index contributed by atoms with van der Waals surface area (Å²) in [6.45, 7) is 2.02. The highest BCUT2D eigenvalue weighted by molar-refractivity contribution is 7.18. The standard InChI is InChI=1S/C10H10N2O2S/c1-2-5-3-6-8(13)7(9(11)14)4-12-10(6)15-5/h3-4H,2H2,1H3,(H2,11,14)(H,12,13). The van der Waals surface area contributed by atoms with E-state index in [1.165, 1.54) is 17.5 Å². The number of hydrogen-bond acceptors (Lipinski definition) is 3. The van der Waals surface area contributed by atoms with Crippen LogP contribution in [0.2, 0.25) is 0 Å². The molecular formula is C10H10N2O2S. The minimum Gasteiger partial charge on any atom is -0.365 e. The van der Waals surface area contributed by atoms with Gasteiger partial charge in [0.05, 0.1) is 5.39 Å². The molecule has 0 aliphatic rings. The second-order valence-electron chi connectivity index (χ2n) is 3.20. The van der Waals surface area contributed by atoms with Crippen LogP contribution in [-0.2, 0) is 6.42 Å². The lowest BCUT2D eigenvalue weighted by atomic mass is 10.2. The maximum Gasteiger partial charge on any atom is 0.254 e. The third-order valence-corrected chi connectivity index (χ3v) is 3.44. The molecule has 0 bridgehead atoms. The van der Waals surface area contributed by atoms with Crippen molar-refractivity contribution in [1.29, 1.82) is 0 Å². The first kappa shape index (κ1) is 9.92. The summed E-state index contributed by atoms with van der Waals surface area (Å²) in [4.78, 5) is 27.6. The molecule has 78 valence electrons. The maximum atomic E-state index is 11.8. The van der Waals surface area contributed by atoms with Gasteiger partial charge in [-0.1, -0.05) is 6.92 Å². The van der Waals surface area contributed by atoms with Crippen molar-refractivity contribution in [2.24, 2.45) is 5.73 Å². The quantitative estimate of drug-likeness (QED) is 0.802. The minimum absolute atomic E-state index is 0.0166. The smallest absolute Gasteiger partial charge is 0.254 e. The van der Waals surface area contributed by atoms with Gasteiger partial charge >= 0.3 is 0 Å². The molecule has 2 heterocycles. The monoisotopic (exact) mass is 222 g/mol. The van der Waals surface area contributed by atoms with E-state index >= 15 is 0 Å². The molecule has 0 spiro atoms. The van der Waals surface area contributed by atoms with Crippen LogP contribution in [0.4, 0.5) is 0 Å². The van der Waals surface area contributed by atoms with E-state index in [0.717, 1.165) is 16.1 Å². The van der Waals surface area contributed by atoms with E-state index in [-0.39, 0.29) is 11.0 Å². The molecule has 0 aliphatic heterocycles. The van der Waals surface area contributed by atoms with Gasteiger partial charge in [-0.2, -0.15) is 0 Å². The van der Waals surface area contributed by atoms with Crippen molar-refractivity contribution in [3.8, 4) is 0 Å². The van der Waals surface area contributed by atoms with E-state index < -0.39 is 5.91 Å². The third kappa shape index (κ3) is 1.55. The highest BCUT2D eigenvalue weighted by Crippen LogP contribution is 2.21. The van der Waals surface area contributed by atoms with Crippen LogP contribution in [0.3, 0.4) is 0 Å². The Labute approximate surface area is 89.7 Å². The number of carbonyl (C=O) groups excluding carboxylic acids is 1. The van der Waals surface area contributed by atoms with Crippen LogP contribution in [-0.4, -0.2) is 10.9 Å². The van der Waals surface area contributed by atoms with E-state index in [1.54, 1.807) is 0 Å². The second-order valence-corrected chi connectivity index (χ2v) is 4.34. The number of nitrogens with one attached hydrogen (secondary N) is 1. The van der Waals surface area contributed by atoms with E-state index in [1.807, 2.05) is 13.0 Å². The van der Waals surface area contributed by atoms with Crippen molar-refractivity contribution in [2.45, 2.75) is 13.3 Å². The van der Waals surface area contributed by atoms with E-state index in [9.17, 15) is 9.59 Å². The van der Waals surface area contributed by atoms with Crippen LogP contribution in [0, 0.1) is 0 Å². The first-order valence-corrected chi connectivity index (χ1v) is 5.39. The van der Waals surface area contributed by atoms with Gasteiger partial charge in [-0.3, -0.25) is 9.59 Å². The molecule has 0 fully saturated rings. The Balaban J connectivity index is 2.78. The van der Waals surface area contributed by atoms with E-state index in [4.69, 9.17) is 5.73 Å². The number of pyridine rings is 1. The molecular weight excluding hydrogens is 212 g/mol. The van der Waals surface area contributed by atoms with E-state index in [0.29, 0.717) is 5.39 Å². The number of aryl methyl sites for hydroxylation is 1. The molecule has 5 heteroatoms. The fourth-order valence-corrected chi connectivity index (χ4v) is 2.39. The first-order chi connectivity index (χ1) is 7.13. The molecule has 0 aromatic carbocycles. The summed E-state index contributed by atoms with van der Waals surface area (Å²) in [6.07, 6.45) is 2.25. The lowest BCUT2D eigenvalue weighted by Gasteiger charge is -1.93. The van der Waals surface area contributed by atoms with Gasteiger partial charge in [-0.15, -0.1) is 11.3 Å². The predicted octanol–water partition coefficient (Wildman–Crippen LogP) is 1.25. The van der Waals surface area contributed by atoms with E-state index in [2.05, 4.69) is 4.98 Å². The zero-order chi connectivity index (χ0) is 11.0. The molecule has 2 aromatic heterocycles. The number of H-pyrrole nitrogens is 1. The number of aromatic nitrogens is 1. The van der Waals surface area contributed by atoms with Crippen LogP contribution in [0.5, 0.6) is 0 Å². The van der Waals surface area contributed by atoms with Crippen LogP contribution in [0.15, 0.2) is 17.1 Å². The zero-order valence-corrected chi connectivity index (χ0v) is 8.98. The highest BCUT2D eigenvalue weighted by Gasteiger charge is 2.11. The molecule has 2 rings (SSSR count). The molecule has 0 atom stereocenters. The van der Waals surface area contributed by atoms with Gasteiger partial charge in [0.1, 0.15) is 10.4 Å². The molecule has 1 amide bonds. The maximum absolute atomic E-state index is 11.8. The Morgan fingerprint density at radius 3 is 2.93 bits per heavy atom. The molecule has 0 radical (unpaired) electrons.